The lowest BCUT2D eigenvalue weighted by Gasteiger charge is -2.30. The highest BCUT2D eigenvalue weighted by molar-refractivity contribution is 5.85. The Hall–Kier alpha value is -1.10. The number of aliphatic hydroxyl groups is 1. The first-order chi connectivity index (χ1) is 10.0. The lowest BCUT2D eigenvalue weighted by Crippen LogP contribution is -2.40. The fourth-order valence-electron chi connectivity index (χ4n) is 4.01. The molecule has 5 heteroatoms. The molecular formula is C16H27NO4. The minimum Gasteiger partial charge on any atom is -0.481 e. The Bertz CT molecular complexity index is 384. The summed E-state index contributed by atoms with van der Waals surface area (Å²) < 4.78 is 0. The van der Waals surface area contributed by atoms with E-state index in [1.807, 2.05) is 6.92 Å². The van der Waals surface area contributed by atoms with Crippen molar-refractivity contribution in [2.45, 2.75) is 45.4 Å². The standard InChI is InChI=1S/C16H27NO4/c1-10-6-13(14(7-10)16(20)21)15(19)17-8-11-4-2-3-5-12(11)9-18/h10-14,18H,2-9H2,1H3,(H,17,19)(H,20,21). The van der Waals surface area contributed by atoms with Crippen LogP contribution in [-0.4, -0.2) is 35.2 Å². The summed E-state index contributed by atoms with van der Waals surface area (Å²) in [6, 6.07) is 0. The lowest BCUT2D eigenvalue weighted by molar-refractivity contribution is -0.146. The Labute approximate surface area is 126 Å². The summed E-state index contributed by atoms with van der Waals surface area (Å²) in [7, 11) is 0. The number of carboxylic acids is 1. The maximum Gasteiger partial charge on any atom is 0.307 e. The van der Waals surface area contributed by atoms with Crippen LogP contribution in [0.15, 0.2) is 0 Å². The van der Waals surface area contributed by atoms with Crippen LogP contribution in [-0.2, 0) is 9.59 Å². The summed E-state index contributed by atoms with van der Waals surface area (Å²) in [6.45, 7) is 2.76. The number of hydrogen-bond donors (Lipinski definition) is 3. The van der Waals surface area contributed by atoms with Crippen molar-refractivity contribution in [2.75, 3.05) is 13.2 Å². The van der Waals surface area contributed by atoms with Gasteiger partial charge in [0.05, 0.1) is 11.8 Å². The van der Waals surface area contributed by atoms with E-state index >= 15 is 0 Å². The van der Waals surface area contributed by atoms with Crippen molar-refractivity contribution in [3.05, 3.63) is 0 Å². The van der Waals surface area contributed by atoms with Gasteiger partial charge in [0.1, 0.15) is 0 Å². The van der Waals surface area contributed by atoms with E-state index in [9.17, 15) is 19.8 Å². The Balaban J connectivity index is 1.87. The molecule has 0 heterocycles. The zero-order valence-electron chi connectivity index (χ0n) is 12.8. The molecule has 5 atom stereocenters. The van der Waals surface area contributed by atoms with Crippen LogP contribution >= 0.6 is 0 Å². The molecule has 0 bridgehead atoms. The summed E-state index contributed by atoms with van der Waals surface area (Å²) in [5.41, 5.74) is 0. The predicted molar refractivity (Wildman–Crippen MR) is 78.6 cm³/mol. The Morgan fingerprint density at radius 2 is 1.71 bits per heavy atom. The molecule has 3 N–H and O–H groups in total. The summed E-state index contributed by atoms with van der Waals surface area (Å²) >= 11 is 0. The van der Waals surface area contributed by atoms with Crippen molar-refractivity contribution >= 4 is 11.9 Å². The van der Waals surface area contributed by atoms with Gasteiger partial charge in [0.2, 0.25) is 5.91 Å². The smallest absolute Gasteiger partial charge is 0.307 e. The average Bonchev–Trinajstić information content (AvgIpc) is 2.87. The number of carboxylic acid groups (broad SMARTS) is 1. The van der Waals surface area contributed by atoms with Crippen molar-refractivity contribution in [1.82, 2.24) is 5.32 Å². The molecule has 0 aromatic heterocycles. The molecule has 21 heavy (non-hydrogen) atoms. The van der Waals surface area contributed by atoms with Crippen molar-refractivity contribution < 1.29 is 19.8 Å². The normalized spacial score (nSPS) is 36.4. The van der Waals surface area contributed by atoms with Crippen molar-refractivity contribution in [2.24, 2.45) is 29.6 Å². The van der Waals surface area contributed by atoms with Crippen LogP contribution in [0.25, 0.3) is 0 Å². The van der Waals surface area contributed by atoms with Crippen LogP contribution in [0.4, 0.5) is 0 Å². The lowest BCUT2D eigenvalue weighted by atomic mass is 9.79. The van der Waals surface area contributed by atoms with Gasteiger partial charge in [-0.1, -0.05) is 19.8 Å². The van der Waals surface area contributed by atoms with Crippen LogP contribution < -0.4 is 5.32 Å². The molecule has 0 aliphatic heterocycles. The number of carbonyl (C=O) groups is 2. The van der Waals surface area contributed by atoms with E-state index < -0.39 is 17.8 Å². The number of nitrogens with one attached hydrogen (secondary N) is 1. The molecule has 120 valence electrons. The van der Waals surface area contributed by atoms with E-state index in [2.05, 4.69) is 5.32 Å². The molecule has 0 radical (unpaired) electrons. The average molecular weight is 297 g/mol. The molecule has 2 saturated carbocycles. The minimum atomic E-state index is -0.856. The van der Waals surface area contributed by atoms with Gasteiger partial charge in [0.15, 0.2) is 0 Å². The Morgan fingerprint density at radius 3 is 2.33 bits per heavy atom. The van der Waals surface area contributed by atoms with E-state index in [0.29, 0.717) is 31.2 Å². The first kappa shape index (κ1) is 16.3. The molecular weight excluding hydrogens is 270 g/mol. The van der Waals surface area contributed by atoms with E-state index in [4.69, 9.17) is 0 Å². The van der Waals surface area contributed by atoms with Crippen molar-refractivity contribution in [3.8, 4) is 0 Å². The van der Waals surface area contributed by atoms with E-state index in [1.165, 1.54) is 0 Å². The minimum absolute atomic E-state index is 0.117. The van der Waals surface area contributed by atoms with Gasteiger partial charge in [0, 0.05) is 13.2 Å². The number of rotatable bonds is 5. The van der Waals surface area contributed by atoms with Gasteiger partial charge < -0.3 is 15.5 Å². The second kappa shape index (κ2) is 7.25. The highest BCUT2D eigenvalue weighted by atomic mass is 16.4. The maximum absolute atomic E-state index is 12.3. The van der Waals surface area contributed by atoms with Crippen molar-refractivity contribution in [3.63, 3.8) is 0 Å². The highest BCUT2D eigenvalue weighted by Crippen LogP contribution is 2.36. The number of carbonyl (C=O) groups excluding carboxylic acids is 1. The zero-order chi connectivity index (χ0) is 15.4. The third-order valence-electron chi connectivity index (χ3n) is 5.29. The second-order valence-electron chi connectivity index (χ2n) is 6.86. The van der Waals surface area contributed by atoms with Gasteiger partial charge in [-0.3, -0.25) is 9.59 Å². The molecule has 0 saturated heterocycles. The quantitative estimate of drug-likeness (QED) is 0.720. The van der Waals surface area contributed by atoms with Crippen LogP contribution in [0.5, 0.6) is 0 Å². The fraction of sp³-hybridized carbons (Fsp3) is 0.875. The molecule has 5 unspecified atom stereocenters. The highest BCUT2D eigenvalue weighted by Gasteiger charge is 2.41. The van der Waals surface area contributed by atoms with Gasteiger partial charge in [-0.05, 0) is 43.4 Å². The second-order valence-corrected chi connectivity index (χ2v) is 6.86. The predicted octanol–water partition coefficient (Wildman–Crippen LogP) is 1.65. The van der Waals surface area contributed by atoms with Gasteiger partial charge >= 0.3 is 5.97 Å². The number of hydrogen-bond acceptors (Lipinski definition) is 3. The Kier molecular flexibility index (Phi) is 5.62. The van der Waals surface area contributed by atoms with Gasteiger partial charge in [0.25, 0.3) is 0 Å². The van der Waals surface area contributed by atoms with E-state index in [1.54, 1.807) is 0 Å². The number of aliphatic carboxylic acids is 1. The van der Waals surface area contributed by atoms with Crippen LogP contribution in [0.3, 0.4) is 0 Å². The largest absolute Gasteiger partial charge is 0.481 e. The molecule has 0 aromatic carbocycles. The molecule has 0 aromatic rings. The van der Waals surface area contributed by atoms with E-state index in [0.717, 1.165) is 25.7 Å². The summed E-state index contributed by atoms with van der Waals surface area (Å²) in [5, 5.41) is 21.6. The van der Waals surface area contributed by atoms with Crippen LogP contribution in [0.2, 0.25) is 0 Å². The van der Waals surface area contributed by atoms with Gasteiger partial charge in [-0.2, -0.15) is 0 Å². The number of amides is 1. The molecule has 2 aliphatic rings. The SMILES string of the molecule is CC1CC(C(=O)O)C(C(=O)NCC2CCCCC2CO)C1. The zero-order valence-corrected chi connectivity index (χ0v) is 12.8. The van der Waals surface area contributed by atoms with Crippen molar-refractivity contribution in [1.29, 1.82) is 0 Å². The maximum atomic E-state index is 12.3. The first-order valence-electron chi connectivity index (χ1n) is 8.14. The molecule has 2 fully saturated rings. The van der Waals surface area contributed by atoms with E-state index in [-0.39, 0.29) is 18.4 Å². The summed E-state index contributed by atoms with van der Waals surface area (Å²) in [4.78, 5) is 23.6. The first-order valence-corrected chi connectivity index (χ1v) is 8.14. The van der Waals surface area contributed by atoms with Crippen LogP contribution in [0.1, 0.15) is 45.4 Å². The van der Waals surface area contributed by atoms with Gasteiger partial charge in [-0.15, -0.1) is 0 Å². The topological polar surface area (TPSA) is 86.6 Å². The molecule has 0 spiro atoms. The Morgan fingerprint density at radius 1 is 1.10 bits per heavy atom. The fourth-order valence-corrected chi connectivity index (χ4v) is 4.01. The monoisotopic (exact) mass is 297 g/mol. The number of aliphatic hydroxyl groups excluding tert-OH is 1. The molecule has 5 nitrogen and oxygen atoms in total. The van der Waals surface area contributed by atoms with Crippen LogP contribution in [0, 0.1) is 29.6 Å². The molecule has 1 amide bonds. The third kappa shape index (κ3) is 3.96. The third-order valence-corrected chi connectivity index (χ3v) is 5.29. The molecule has 2 rings (SSSR count). The summed E-state index contributed by atoms with van der Waals surface area (Å²) in [6.07, 6.45) is 5.61. The molecule has 2 aliphatic carbocycles. The van der Waals surface area contributed by atoms with Gasteiger partial charge in [-0.25, -0.2) is 0 Å². The summed E-state index contributed by atoms with van der Waals surface area (Å²) in [5.74, 6) is -1.01.